The normalized spacial score (nSPS) is 10.6. The van der Waals surface area contributed by atoms with Crippen LogP contribution < -0.4 is 19.5 Å². The van der Waals surface area contributed by atoms with Gasteiger partial charge in [-0.25, -0.2) is 14.4 Å². The molecule has 0 amide bonds. The van der Waals surface area contributed by atoms with Crippen LogP contribution >= 0.6 is 0 Å². The monoisotopic (exact) mass is 343 g/mol. The molecule has 0 saturated heterocycles. The Bertz CT molecular complexity index is 877. The van der Waals surface area contributed by atoms with E-state index in [1.807, 2.05) is 0 Å². The summed E-state index contributed by atoms with van der Waals surface area (Å²) in [6.07, 6.45) is 1.33. The van der Waals surface area contributed by atoms with Gasteiger partial charge in [-0.2, -0.15) is 0 Å². The maximum absolute atomic E-state index is 13.9. The number of aromatic nitrogens is 2. The van der Waals surface area contributed by atoms with Gasteiger partial charge in [0, 0.05) is 24.1 Å². The lowest BCUT2D eigenvalue weighted by molar-refractivity contribution is 0.369. The molecular formula is C18H18FN3O3. The first kappa shape index (κ1) is 16.8. The molecule has 1 heterocycles. The number of benzene rings is 2. The van der Waals surface area contributed by atoms with Crippen molar-refractivity contribution in [2.75, 3.05) is 26.6 Å². The second kappa shape index (κ2) is 7.21. The molecule has 1 N–H and O–H groups in total. The maximum Gasteiger partial charge on any atom is 0.149 e. The Morgan fingerprint density at radius 1 is 1.00 bits per heavy atom. The Labute approximate surface area is 144 Å². The Morgan fingerprint density at radius 3 is 2.36 bits per heavy atom. The maximum atomic E-state index is 13.9. The molecule has 0 spiro atoms. The van der Waals surface area contributed by atoms with Crippen molar-refractivity contribution in [2.45, 2.75) is 6.54 Å². The number of hydrogen-bond acceptors (Lipinski definition) is 6. The van der Waals surface area contributed by atoms with E-state index < -0.39 is 0 Å². The third kappa shape index (κ3) is 3.26. The predicted molar refractivity (Wildman–Crippen MR) is 92.9 cm³/mol. The van der Waals surface area contributed by atoms with Crippen LogP contribution in [0.2, 0.25) is 0 Å². The zero-order chi connectivity index (χ0) is 17.8. The Hall–Kier alpha value is -3.09. The van der Waals surface area contributed by atoms with E-state index in [2.05, 4.69) is 15.3 Å². The summed E-state index contributed by atoms with van der Waals surface area (Å²) < 4.78 is 30.0. The summed E-state index contributed by atoms with van der Waals surface area (Å²) in [7, 11) is 4.73. The quantitative estimate of drug-likeness (QED) is 0.740. The van der Waals surface area contributed by atoms with Gasteiger partial charge in [-0.15, -0.1) is 0 Å². The van der Waals surface area contributed by atoms with Gasteiger partial charge in [-0.05, 0) is 12.1 Å². The number of anilines is 1. The number of nitrogens with zero attached hydrogens (tertiary/aromatic N) is 2. The molecule has 7 heteroatoms. The fourth-order valence-corrected chi connectivity index (χ4v) is 2.62. The lowest BCUT2D eigenvalue weighted by Crippen LogP contribution is -2.06. The van der Waals surface area contributed by atoms with Crippen LogP contribution in [0.4, 0.5) is 10.2 Å². The van der Waals surface area contributed by atoms with Gasteiger partial charge in [0.15, 0.2) is 0 Å². The van der Waals surface area contributed by atoms with Crippen LogP contribution in [0.15, 0.2) is 36.7 Å². The fourth-order valence-electron chi connectivity index (χ4n) is 2.62. The first-order valence-electron chi connectivity index (χ1n) is 7.60. The zero-order valence-electron chi connectivity index (χ0n) is 14.2. The van der Waals surface area contributed by atoms with Crippen LogP contribution in [0, 0.1) is 5.82 Å². The van der Waals surface area contributed by atoms with Gasteiger partial charge in [0.25, 0.3) is 0 Å². The standard InChI is InChI=1S/C18H18FN3O3/c1-23-11-7-15(24-2)13(16(8-11)25-3)9-20-18-12-5-4-6-14(19)17(12)21-10-22-18/h4-8,10H,9H2,1-3H3,(H,20,21,22). The summed E-state index contributed by atoms with van der Waals surface area (Å²) >= 11 is 0. The molecule has 0 atom stereocenters. The minimum atomic E-state index is -0.387. The summed E-state index contributed by atoms with van der Waals surface area (Å²) in [4.78, 5) is 8.21. The molecule has 0 saturated carbocycles. The number of nitrogens with one attached hydrogen (secondary N) is 1. The topological polar surface area (TPSA) is 65.5 Å². The van der Waals surface area contributed by atoms with E-state index in [-0.39, 0.29) is 11.3 Å². The summed E-state index contributed by atoms with van der Waals surface area (Å²) in [5.41, 5.74) is 1.07. The van der Waals surface area contributed by atoms with E-state index in [1.54, 1.807) is 45.6 Å². The average molecular weight is 343 g/mol. The molecule has 25 heavy (non-hydrogen) atoms. The van der Waals surface area contributed by atoms with Crippen LogP contribution in [-0.4, -0.2) is 31.3 Å². The van der Waals surface area contributed by atoms with Crippen molar-refractivity contribution in [3.63, 3.8) is 0 Å². The zero-order valence-corrected chi connectivity index (χ0v) is 14.2. The molecule has 0 aliphatic rings. The van der Waals surface area contributed by atoms with Gasteiger partial charge in [0.1, 0.15) is 40.7 Å². The van der Waals surface area contributed by atoms with Crippen molar-refractivity contribution >= 4 is 16.7 Å². The SMILES string of the molecule is COc1cc(OC)c(CNc2ncnc3c(F)cccc23)c(OC)c1. The van der Waals surface area contributed by atoms with Gasteiger partial charge in [-0.3, -0.25) is 0 Å². The second-order valence-electron chi connectivity index (χ2n) is 5.22. The van der Waals surface area contributed by atoms with Crippen LogP contribution in [0.5, 0.6) is 17.2 Å². The highest BCUT2D eigenvalue weighted by atomic mass is 19.1. The molecular weight excluding hydrogens is 325 g/mol. The molecule has 1 aromatic heterocycles. The molecule has 0 fully saturated rings. The third-order valence-electron chi connectivity index (χ3n) is 3.87. The molecule has 6 nitrogen and oxygen atoms in total. The van der Waals surface area contributed by atoms with Crippen molar-refractivity contribution in [3.8, 4) is 17.2 Å². The third-order valence-corrected chi connectivity index (χ3v) is 3.87. The van der Waals surface area contributed by atoms with Crippen LogP contribution in [0.1, 0.15) is 5.56 Å². The smallest absolute Gasteiger partial charge is 0.149 e. The van der Waals surface area contributed by atoms with Gasteiger partial charge in [0.2, 0.25) is 0 Å². The average Bonchev–Trinajstić information content (AvgIpc) is 2.66. The van der Waals surface area contributed by atoms with Crippen molar-refractivity contribution in [1.82, 2.24) is 9.97 Å². The number of fused-ring (bicyclic) bond motifs is 1. The Morgan fingerprint density at radius 2 is 1.72 bits per heavy atom. The van der Waals surface area contributed by atoms with Crippen LogP contribution in [0.25, 0.3) is 10.9 Å². The van der Waals surface area contributed by atoms with E-state index in [1.165, 1.54) is 12.4 Å². The number of hydrogen-bond donors (Lipinski definition) is 1. The molecule has 0 aliphatic heterocycles. The highest BCUT2D eigenvalue weighted by Gasteiger charge is 2.14. The van der Waals surface area contributed by atoms with E-state index in [4.69, 9.17) is 14.2 Å². The fraction of sp³-hybridized carbons (Fsp3) is 0.222. The van der Waals surface area contributed by atoms with Gasteiger partial charge >= 0.3 is 0 Å². The van der Waals surface area contributed by atoms with Gasteiger partial charge in [0.05, 0.1) is 26.9 Å². The minimum Gasteiger partial charge on any atom is -0.496 e. The summed E-state index contributed by atoms with van der Waals surface area (Å²) in [6.45, 7) is 0.374. The van der Waals surface area contributed by atoms with E-state index >= 15 is 0 Å². The van der Waals surface area contributed by atoms with Crippen molar-refractivity contribution in [2.24, 2.45) is 0 Å². The lowest BCUT2D eigenvalue weighted by Gasteiger charge is -2.16. The molecule has 3 rings (SSSR count). The molecule has 0 unspecified atom stereocenters. The van der Waals surface area contributed by atoms with E-state index in [9.17, 15) is 4.39 Å². The summed E-state index contributed by atoms with van der Waals surface area (Å²) in [5, 5.41) is 3.80. The van der Waals surface area contributed by atoms with Crippen LogP contribution in [-0.2, 0) is 6.54 Å². The Balaban J connectivity index is 1.96. The predicted octanol–water partition coefficient (Wildman–Crippen LogP) is 3.41. The van der Waals surface area contributed by atoms with Crippen molar-refractivity contribution in [1.29, 1.82) is 0 Å². The number of rotatable bonds is 6. The number of halogens is 1. The summed E-state index contributed by atoms with van der Waals surface area (Å²) in [6, 6.07) is 8.31. The molecule has 2 aromatic carbocycles. The lowest BCUT2D eigenvalue weighted by atomic mass is 10.1. The first-order chi connectivity index (χ1) is 12.2. The first-order valence-corrected chi connectivity index (χ1v) is 7.60. The van der Waals surface area contributed by atoms with Gasteiger partial charge < -0.3 is 19.5 Å². The molecule has 0 bridgehead atoms. The van der Waals surface area contributed by atoms with Crippen molar-refractivity contribution in [3.05, 3.63) is 48.0 Å². The molecule has 130 valence electrons. The van der Waals surface area contributed by atoms with E-state index in [0.29, 0.717) is 35.0 Å². The highest BCUT2D eigenvalue weighted by Crippen LogP contribution is 2.34. The number of methoxy groups -OCH3 is 3. The van der Waals surface area contributed by atoms with E-state index in [0.717, 1.165) is 5.56 Å². The largest absolute Gasteiger partial charge is 0.496 e. The molecule has 3 aromatic rings. The second-order valence-corrected chi connectivity index (χ2v) is 5.22. The molecule has 0 radical (unpaired) electrons. The molecule has 0 aliphatic carbocycles. The number of ether oxygens (including phenoxy) is 3. The summed E-state index contributed by atoms with van der Waals surface area (Å²) in [5.74, 6) is 2.01. The Kier molecular flexibility index (Phi) is 4.83. The van der Waals surface area contributed by atoms with Crippen molar-refractivity contribution < 1.29 is 18.6 Å². The van der Waals surface area contributed by atoms with Crippen LogP contribution in [0.3, 0.4) is 0 Å². The number of para-hydroxylation sites is 1. The highest BCUT2D eigenvalue weighted by molar-refractivity contribution is 5.89. The minimum absolute atomic E-state index is 0.272. The van der Waals surface area contributed by atoms with Gasteiger partial charge in [-0.1, -0.05) is 6.07 Å².